The van der Waals surface area contributed by atoms with E-state index in [1.165, 1.54) is 0 Å². The number of carbonyl (C=O) groups excluding carboxylic acids is 1. The molecule has 1 saturated heterocycles. The van der Waals surface area contributed by atoms with E-state index in [0.29, 0.717) is 48.0 Å². The summed E-state index contributed by atoms with van der Waals surface area (Å²) >= 11 is 5.98. The summed E-state index contributed by atoms with van der Waals surface area (Å²) in [4.78, 5) is 23.4. The van der Waals surface area contributed by atoms with Gasteiger partial charge in [0.15, 0.2) is 11.6 Å². The number of aliphatic hydroxyl groups is 1. The first-order valence-electron chi connectivity index (χ1n) is 10.0. The molecule has 0 amide bonds. The lowest BCUT2D eigenvalue weighted by molar-refractivity contribution is -0.0707. The van der Waals surface area contributed by atoms with Gasteiger partial charge in [-0.05, 0) is 30.2 Å². The Labute approximate surface area is 192 Å². The van der Waals surface area contributed by atoms with Crippen LogP contribution in [0.3, 0.4) is 0 Å². The number of aromatic nitrogens is 4. The average molecular weight is 462 g/mol. The third-order valence-electron chi connectivity index (χ3n) is 5.87. The predicted molar refractivity (Wildman–Crippen MR) is 121 cm³/mol. The number of rotatable bonds is 6. The number of halogens is 2. The number of Topliss-reactive ketones (excluding diaryl/α,β-unsaturated/α-hetero) is 1. The molecule has 2 N–H and O–H groups in total. The molecule has 2 atom stereocenters. The highest BCUT2D eigenvalue weighted by Gasteiger charge is 2.40. The maximum absolute atomic E-state index is 12.8. The lowest BCUT2D eigenvalue weighted by Gasteiger charge is -2.43. The molecular weight excluding hydrogens is 437 g/mol. The number of aromatic amines is 1. The largest absolute Gasteiger partial charge is 0.385 e. The zero-order chi connectivity index (χ0) is 21.1. The first-order valence-corrected chi connectivity index (χ1v) is 10.4. The van der Waals surface area contributed by atoms with Crippen molar-refractivity contribution in [2.45, 2.75) is 25.4 Å². The summed E-state index contributed by atoms with van der Waals surface area (Å²) in [6.45, 7) is 4.10. The maximum Gasteiger partial charge on any atom is 0.180 e. The van der Waals surface area contributed by atoms with E-state index in [9.17, 15) is 9.90 Å². The number of piperidine rings is 1. The quantitative estimate of drug-likeness (QED) is 0.542. The molecule has 1 aromatic carbocycles. The Morgan fingerprint density at radius 1 is 1.29 bits per heavy atom. The van der Waals surface area contributed by atoms with Crippen molar-refractivity contribution in [3.8, 4) is 11.5 Å². The van der Waals surface area contributed by atoms with Crippen molar-refractivity contribution in [1.82, 2.24) is 25.1 Å². The highest BCUT2D eigenvalue weighted by Crippen LogP contribution is 2.37. The van der Waals surface area contributed by atoms with Gasteiger partial charge in [-0.15, -0.1) is 12.4 Å². The van der Waals surface area contributed by atoms with Gasteiger partial charge < -0.3 is 10.0 Å². The summed E-state index contributed by atoms with van der Waals surface area (Å²) in [5.41, 5.74) is 0.989. The highest BCUT2D eigenvalue weighted by atomic mass is 35.5. The fourth-order valence-electron chi connectivity index (χ4n) is 4.06. The van der Waals surface area contributed by atoms with Crippen LogP contribution >= 0.6 is 24.0 Å². The van der Waals surface area contributed by atoms with E-state index in [2.05, 4.69) is 25.1 Å². The monoisotopic (exact) mass is 461 g/mol. The molecule has 0 spiro atoms. The standard InChI is InChI=1S/C22H24ClN5O2.ClH/c1-15-14-28(12-8-22(15,30)16-3-5-17(23)6-4-16)11-7-19(29)18-13-26-27-20(18)21-24-9-2-10-25-21;/h2-6,9-10,13,15,30H,7-8,11-12,14H2,1H3,(H,26,27);1H. The smallest absolute Gasteiger partial charge is 0.180 e. The summed E-state index contributed by atoms with van der Waals surface area (Å²) in [6.07, 6.45) is 5.83. The molecular formula is C22H25Cl2N5O2. The molecule has 1 aliphatic rings. The number of nitrogens with zero attached hydrogens (tertiary/aromatic N) is 4. The van der Waals surface area contributed by atoms with Crippen LogP contribution in [0.5, 0.6) is 0 Å². The second kappa shape index (κ2) is 9.87. The van der Waals surface area contributed by atoms with Gasteiger partial charge in [0.1, 0.15) is 5.69 Å². The summed E-state index contributed by atoms with van der Waals surface area (Å²) < 4.78 is 0. The van der Waals surface area contributed by atoms with Crippen molar-refractivity contribution in [3.05, 3.63) is 65.1 Å². The Kier molecular flexibility index (Phi) is 7.43. The molecule has 31 heavy (non-hydrogen) atoms. The Hall–Kier alpha value is -2.32. The Balaban J connectivity index is 0.00000272. The fraction of sp³-hybridized carbons (Fsp3) is 0.364. The molecule has 4 rings (SSSR count). The van der Waals surface area contributed by atoms with Crippen molar-refractivity contribution in [2.24, 2.45) is 5.92 Å². The zero-order valence-corrected chi connectivity index (χ0v) is 18.7. The highest BCUT2D eigenvalue weighted by molar-refractivity contribution is 6.30. The van der Waals surface area contributed by atoms with Crippen molar-refractivity contribution < 1.29 is 9.90 Å². The lowest BCUT2D eigenvalue weighted by atomic mass is 9.77. The number of carbonyl (C=O) groups is 1. The SMILES string of the molecule is CC1CN(CCC(=O)c2c[nH]nc2-c2ncccn2)CCC1(O)c1ccc(Cl)cc1.Cl. The second-order valence-corrected chi connectivity index (χ2v) is 8.21. The third-order valence-corrected chi connectivity index (χ3v) is 6.13. The Morgan fingerprint density at radius 2 is 2.00 bits per heavy atom. The van der Waals surface area contributed by atoms with Gasteiger partial charge in [-0.2, -0.15) is 5.10 Å². The van der Waals surface area contributed by atoms with Gasteiger partial charge in [-0.3, -0.25) is 9.89 Å². The first kappa shape index (κ1) is 23.3. The number of benzene rings is 1. The second-order valence-electron chi connectivity index (χ2n) is 7.78. The molecule has 1 fully saturated rings. The van der Waals surface area contributed by atoms with E-state index in [4.69, 9.17) is 11.6 Å². The van der Waals surface area contributed by atoms with Crippen molar-refractivity contribution >= 4 is 29.8 Å². The van der Waals surface area contributed by atoms with E-state index in [1.807, 2.05) is 31.2 Å². The molecule has 0 radical (unpaired) electrons. The summed E-state index contributed by atoms with van der Waals surface area (Å²) in [5, 5.41) is 18.8. The number of ketones is 1. The summed E-state index contributed by atoms with van der Waals surface area (Å²) in [6, 6.07) is 9.13. The van der Waals surface area contributed by atoms with Crippen LogP contribution in [0.2, 0.25) is 5.02 Å². The maximum atomic E-state index is 12.8. The number of hydrogen-bond donors (Lipinski definition) is 2. The molecule has 3 heterocycles. The number of likely N-dealkylation sites (tertiary alicyclic amines) is 1. The molecule has 1 aliphatic heterocycles. The average Bonchev–Trinajstić information content (AvgIpc) is 3.25. The minimum Gasteiger partial charge on any atom is -0.385 e. The Morgan fingerprint density at radius 3 is 2.68 bits per heavy atom. The van der Waals surface area contributed by atoms with Gasteiger partial charge in [0.05, 0.1) is 11.2 Å². The summed E-state index contributed by atoms with van der Waals surface area (Å²) in [7, 11) is 0. The summed E-state index contributed by atoms with van der Waals surface area (Å²) in [5.74, 6) is 0.462. The van der Waals surface area contributed by atoms with Gasteiger partial charge in [-0.1, -0.05) is 30.7 Å². The van der Waals surface area contributed by atoms with E-state index in [1.54, 1.807) is 24.7 Å². The number of nitrogens with one attached hydrogen (secondary N) is 1. The predicted octanol–water partition coefficient (Wildman–Crippen LogP) is 3.74. The number of hydrogen-bond acceptors (Lipinski definition) is 6. The molecule has 0 bridgehead atoms. The molecule has 0 saturated carbocycles. The van der Waals surface area contributed by atoms with Gasteiger partial charge in [0.25, 0.3) is 0 Å². The minimum absolute atomic E-state index is 0. The molecule has 2 unspecified atom stereocenters. The normalized spacial score (nSPS) is 21.5. The molecule has 164 valence electrons. The van der Waals surface area contributed by atoms with Gasteiger partial charge >= 0.3 is 0 Å². The van der Waals surface area contributed by atoms with Crippen LogP contribution in [0.15, 0.2) is 48.9 Å². The van der Waals surface area contributed by atoms with Crippen LogP contribution in [-0.2, 0) is 5.60 Å². The molecule has 9 heteroatoms. The lowest BCUT2D eigenvalue weighted by Crippen LogP contribution is -2.49. The van der Waals surface area contributed by atoms with Gasteiger partial charge in [-0.25, -0.2) is 9.97 Å². The van der Waals surface area contributed by atoms with Gasteiger partial charge in [0.2, 0.25) is 0 Å². The fourth-order valence-corrected chi connectivity index (χ4v) is 4.19. The van der Waals surface area contributed by atoms with Gasteiger partial charge in [0, 0.05) is 55.6 Å². The first-order chi connectivity index (χ1) is 14.5. The molecule has 3 aromatic rings. The molecule has 0 aliphatic carbocycles. The Bertz CT molecular complexity index is 1010. The minimum atomic E-state index is -0.881. The van der Waals surface area contributed by atoms with E-state index in [0.717, 1.165) is 12.1 Å². The molecule has 7 nitrogen and oxygen atoms in total. The van der Waals surface area contributed by atoms with Crippen molar-refractivity contribution in [3.63, 3.8) is 0 Å². The van der Waals surface area contributed by atoms with Crippen LogP contribution in [-0.4, -0.2) is 55.6 Å². The van der Waals surface area contributed by atoms with Crippen LogP contribution in [0.25, 0.3) is 11.5 Å². The number of H-pyrrole nitrogens is 1. The zero-order valence-electron chi connectivity index (χ0n) is 17.2. The van der Waals surface area contributed by atoms with Crippen molar-refractivity contribution in [1.29, 1.82) is 0 Å². The van der Waals surface area contributed by atoms with Crippen LogP contribution in [0.1, 0.15) is 35.7 Å². The van der Waals surface area contributed by atoms with Crippen LogP contribution in [0, 0.1) is 5.92 Å². The van der Waals surface area contributed by atoms with Crippen LogP contribution < -0.4 is 0 Å². The third kappa shape index (κ3) is 4.96. The van der Waals surface area contributed by atoms with Crippen molar-refractivity contribution in [2.75, 3.05) is 19.6 Å². The van der Waals surface area contributed by atoms with E-state index >= 15 is 0 Å². The topological polar surface area (TPSA) is 95.0 Å². The van der Waals surface area contributed by atoms with E-state index < -0.39 is 5.60 Å². The van der Waals surface area contributed by atoms with E-state index in [-0.39, 0.29) is 24.1 Å². The van der Waals surface area contributed by atoms with Crippen LogP contribution in [0.4, 0.5) is 0 Å². The molecule has 2 aromatic heterocycles.